The quantitative estimate of drug-likeness (QED) is 0.596. The second kappa shape index (κ2) is 9.04. The highest BCUT2D eigenvalue weighted by Gasteiger charge is 2.26. The molecule has 0 bridgehead atoms. The Kier molecular flexibility index (Phi) is 6.02. The molecule has 0 radical (unpaired) electrons. The van der Waals surface area contributed by atoms with E-state index in [1.165, 1.54) is 0 Å². The zero-order valence-electron chi connectivity index (χ0n) is 17.7. The molecule has 7 heteroatoms. The second-order valence-electron chi connectivity index (χ2n) is 7.54. The lowest BCUT2D eigenvalue weighted by molar-refractivity contribution is 0.103. The van der Waals surface area contributed by atoms with E-state index in [9.17, 15) is 4.79 Å². The number of nitrogens with zero attached hydrogens (tertiary/aromatic N) is 3. The van der Waals surface area contributed by atoms with Gasteiger partial charge in [0.05, 0.1) is 19.8 Å². The maximum atomic E-state index is 12.9. The molecule has 1 saturated heterocycles. The SMILES string of the molecule is COc1ccc(OC)c(C2CCCN(c3cccc(C(=O)c4cccnc4N)n3)C2)c1.[HH].[HH]. The predicted octanol–water partition coefficient (Wildman–Crippen LogP) is 4.18. The highest BCUT2D eigenvalue weighted by Crippen LogP contribution is 2.36. The van der Waals surface area contributed by atoms with Crippen molar-refractivity contribution in [3.63, 3.8) is 0 Å². The van der Waals surface area contributed by atoms with Crippen LogP contribution in [-0.2, 0) is 0 Å². The van der Waals surface area contributed by atoms with Crippen LogP contribution in [0.4, 0.5) is 11.6 Å². The van der Waals surface area contributed by atoms with Gasteiger partial charge in [0, 0.05) is 33.6 Å². The molecule has 1 aliphatic rings. The first-order valence-electron chi connectivity index (χ1n) is 10.3. The van der Waals surface area contributed by atoms with Crippen LogP contribution in [0, 0.1) is 0 Å². The van der Waals surface area contributed by atoms with E-state index in [1.807, 2.05) is 30.3 Å². The summed E-state index contributed by atoms with van der Waals surface area (Å²) in [5.41, 5.74) is 7.73. The zero-order chi connectivity index (χ0) is 21.8. The highest BCUT2D eigenvalue weighted by molar-refractivity contribution is 6.10. The summed E-state index contributed by atoms with van der Waals surface area (Å²) in [6.45, 7) is 1.66. The number of hydrogen-bond acceptors (Lipinski definition) is 7. The molecule has 1 fully saturated rings. The first kappa shape index (κ1) is 20.7. The van der Waals surface area contributed by atoms with Crippen molar-refractivity contribution >= 4 is 17.4 Å². The lowest BCUT2D eigenvalue weighted by Gasteiger charge is -2.34. The molecule has 2 N–H and O–H groups in total. The summed E-state index contributed by atoms with van der Waals surface area (Å²) in [6.07, 6.45) is 3.63. The number of ether oxygens (including phenoxy) is 2. The van der Waals surface area contributed by atoms with Crippen LogP contribution in [0.15, 0.2) is 54.7 Å². The van der Waals surface area contributed by atoms with Crippen LogP contribution in [0.3, 0.4) is 0 Å². The average Bonchev–Trinajstić information content (AvgIpc) is 2.83. The summed E-state index contributed by atoms with van der Waals surface area (Å²) >= 11 is 0. The summed E-state index contributed by atoms with van der Waals surface area (Å²) in [7, 11) is 3.35. The number of pyridine rings is 2. The van der Waals surface area contributed by atoms with Crippen molar-refractivity contribution in [2.45, 2.75) is 18.8 Å². The number of anilines is 2. The summed E-state index contributed by atoms with van der Waals surface area (Å²) in [6, 6.07) is 14.8. The van der Waals surface area contributed by atoms with Gasteiger partial charge < -0.3 is 20.1 Å². The molecule has 31 heavy (non-hydrogen) atoms. The minimum Gasteiger partial charge on any atom is -0.497 e. The molecule has 1 aliphatic heterocycles. The van der Waals surface area contributed by atoms with Crippen LogP contribution in [0.1, 0.15) is 43.2 Å². The summed E-state index contributed by atoms with van der Waals surface area (Å²) < 4.78 is 11.0. The van der Waals surface area contributed by atoms with Gasteiger partial charge in [0.2, 0.25) is 5.78 Å². The van der Waals surface area contributed by atoms with Crippen LogP contribution in [-0.4, -0.2) is 43.1 Å². The molecule has 164 valence electrons. The van der Waals surface area contributed by atoms with Gasteiger partial charge in [0.15, 0.2) is 0 Å². The number of ketones is 1. The monoisotopic (exact) mass is 422 g/mol. The number of piperidine rings is 1. The third-order valence-electron chi connectivity index (χ3n) is 5.67. The van der Waals surface area contributed by atoms with Gasteiger partial charge in [-0.1, -0.05) is 6.07 Å². The van der Waals surface area contributed by atoms with Crippen LogP contribution in [0.5, 0.6) is 11.5 Å². The summed E-state index contributed by atoms with van der Waals surface area (Å²) in [5, 5.41) is 0. The molecule has 3 heterocycles. The van der Waals surface area contributed by atoms with Gasteiger partial charge >= 0.3 is 0 Å². The first-order chi connectivity index (χ1) is 15.1. The Labute approximate surface area is 184 Å². The molecule has 1 aromatic carbocycles. The van der Waals surface area contributed by atoms with Crippen molar-refractivity contribution in [2.75, 3.05) is 37.9 Å². The number of aromatic nitrogens is 2. The number of carbonyl (C=O) groups excluding carboxylic acids is 1. The van der Waals surface area contributed by atoms with E-state index < -0.39 is 0 Å². The zero-order valence-corrected chi connectivity index (χ0v) is 17.7. The molecule has 0 spiro atoms. The average molecular weight is 423 g/mol. The molecule has 1 atom stereocenters. The maximum Gasteiger partial charge on any atom is 0.215 e. The van der Waals surface area contributed by atoms with Crippen molar-refractivity contribution in [1.29, 1.82) is 0 Å². The molecule has 3 aromatic rings. The number of nitrogens with two attached hydrogens (primary N) is 1. The topological polar surface area (TPSA) is 90.6 Å². The Morgan fingerprint density at radius 3 is 2.81 bits per heavy atom. The summed E-state index contributed by atoms with van der Waals surface area (Å²) in [4.78, 5) is 23.8. The number of benzene rings is 1. The minimum atomic E-state index is -0.226. The molecule has 0 aliphatic carbocycles. The van der Waals surface area contributed by atoms with Crippen LogP contribution >= 0.6 is 0 Å². The van der Waals surface area contributed by atoms with Crippen LogP contribution < -0.4 is 20.1 Å². The molecule has 4 rings (SSSR count). The Morgan fingerprint density at radius 1 is 1.16 bits per heavy atom. The van der Waals surface area contributed by atoms with Gasteiger partial charge in [-0.3, -0.25) is 4.79 Å². The normalized spacial score (nSPS) is 16.1. The number of nitrogen functional groups attached to an aromatic ring is 1. The molecular formula is C24H30N4O3. The smallest absolute Gasteiger partial charge is 0.215 e. The van der Waals surface area contributed by atoms with Crippen molar-refractivity contribution in [2.24, 2.45) is 0 Å². The standard InChI is InChI=1S/C24H26N4O3.2H2/c1-30-17-10-11-21(31-2)19(14-17)16-6-5-13-28(15-16)22-9-3-8-20(27-22)23(29)18-7-4-12-26-24(18)25;;/h3-4,7-12,14,16H,5-6,13,15H2,1-2H3,(H2,25,26);2*1H. The van der Waals surface area contributed by atoms with E-state index in [-0.39, 0.29) is 20.4 Å². The van der Waals surface area contributed by atoms with E-state index in [1.54, 1.807) is 38.6 Å². The summed E-state index contributed by atoms with van der Waals surface area (Å²) in [5.74, 6) is 2.71. The van der Waals surface area contributed by atoms with Gasteiger partial charge in [-0.15, -0.1) is 0 Å². The fourth-order valence-corrected chi connectivity index (χ4v) is 4.07. The molecule has 2 aromatic heterocycles. The molecule has 7 nitrogen and oxygen atoms in total. The number of carbonyl (C=O) groups is 1. The Morgan fingerprint density at radius 2 is 2.03 bits per heavy atom. The van der Waals surface area contributed by atoms with Crippen molar-refractivity contribution in [1.82, 2.24) is 9.97 Å². The Bertz CT molecular complexity index is 1100. The second-order valence-corrected chi connectivity index (χ2v) is 7.54. The predicted molar refractivity (Wildman–Crippen MR) is 124 cm³/mol. The third kappa shape index (κ3) is 4.30. The van der Waals surface area contributed by atoms with Gasteiger partial charge in [-0.05, 0) is 55.3 Å². The van der Waals surface area contributed by atoms with E-state index in [0.717, 1.165) is 48.8 Å². The van der Waals surface area contributed by atoms with Crippen LogP contribution in [0.2, 0.25) is 0 Å². The maximum absolute atomic E-state index is 12.9. The van der Waals surface area contributed by atoms with Crippen molar-refractivity contribution < 1.29 is 17.1 Å². The molecular weight excluding hydrogens is 392 g/mol. The van der Waals surface area contributed by atoms with Gasteiger partial charge in [0.1, 0.15) is 28.8 Å². The number of hydrogen-bond donors (Lipinski definition) is 1. The van der Waals surface area contributed by atoms with Crippen molar-refractivity contribution in [3.05, 3.63) is 71.5 Å². The van der Waals surface area contributed by atoms with E-state index in [4.69, 9.17) is 15.2 Å². The molecule has 0 amide bonds. The Hall–Kier alpha value is -3.61. The lowest BCUT2D eigenvalue weighted by Crippen LogP contribution is -2.35. The first-order valence-corrected chi connectivity index (χ1v) is 10.3. The molecule has 1 unspecified atom stereocenters. The third-order valence-corrected chi connectivity index (χ3v) is 5.67. The lowest BCUT2D eigenvalue weighted by atomic mass is 9.89. The minimum absolute atomic E-state index is 0. The van der Waals surface area contributed by atoms with E-state index >= 15 is 0 Å². The van der Waals surface area contributed by atoms with Crippen LogP contribution in [0.25, 0.3) is 0 Å². The highest BCUT2D eigenvalue weighted by atomic mass is 16.5. The van der Waals surface area contributed by atoms with E-state index in [2.05, 4.69) is 14.9 Å². The largest absolute Gasteiger partial charge is 0.497 e. The Balaban J connectivity index is 0.00000193. The molecule has 0 saturated carbocycles. The number of rotatable bonds is 6. The van der Waals surface area contributed by atoms with Gasteiger partial charge in [-0.2, -0.15) is 0 Å². The van der Waals surface area contributed by atoms with E-state index in [0.29, 0.717) is 11.3 Å². The fraction of sp³-hybridized carbons (Fsp3) is 0.292. The fourth-order valence-electron chi connectivity index (χ4n) is 4.07. The van der Waals surface area contributed by atoms with Gasteiger partial charge in [0.25, 0.3) is 0 Å². The van der Waals surface area contributed by atoms with Crippen molar-refractivity contribution in [3.8, 4) is 11.5 Å². The van der Waals surface area contributed by atoms with Gasteiger partial charge in [-0.25, -0.2) is 9.97 Å². The number of methoxy groups -OCH3 is 2.